The van der Waals surface area contributed by atoms with Gasteiger partial charge in [-0.05, 0) is 5.56 Å². The lowest BCUT2D eigenvalue weighted by atomic mass is 10.2. The van der Waals surface area contributed by atoms with Gasteiger partial charge in [-0.1, -0.05) is 30.3 Å². The molecule has 6 N–H and O–H groups in total. The van der Waals surface area contributed by atoms with Crippen molar-refractivity contribution in [2.45, 2.75) is 6.61 Å². The normalized spacial score (nSPS) is 9.10. The van der Waals surface area contributed by atoms with Gasteiger partial charge in [0, 0.05) is 0 Å². The minimum absolute atomic E-state index is 0.306. The van der Waals surface area contributed by atoms with E-state index in [1.165, 1.54) is 12.7 Å². The van der Waals surface area contributed by atoms with Gasteiger partial charge in [-0.3, -0.25) is 0 Å². The highest BCUT2D eigenvalue weighted by Crippen LogP contribution is 2.03. The summed E-state index contributed by atoms with van der Waals surface area (Å²) in [5.74, 6) is 9.14. The molecule has 2 amide bonds. The third-order valence-corrected chi connectivity index (χ3v) is 1.93. The number of carbonyl (C=O) groups is 1. The lowest BCUT2D eigenvalue weighted by molar-refractivity contribution is 0.210. The van der Waals surface area contributed by atoms with Crippen molar-refractivity contribution in [2.75, 3.05) is 0 Å². The minimum atomic E-state index is -0.852. The topological polar surface area (TPSA) is 146 Å². The Morgan fingerprint density at radius 1 is 1.15 bits per heavy atom. The Hall–Kier alpha value is -2.78. The summed E-state index contributed by atoms with van der Waals surface area (Å²) in [5, 5.41) is 0.306. The molecule has 0 aliphatic rings. The highest BCUT2D eigenvalue weighted by molar-refractivity contribution is 5.70. The molecule has 2 rings (SSSR count). The van der Waals surface area contributed by atoms with Crippen LogP contribution in [0.2, 0.25) is 0 Å². The molecular formula is C11H15N7O2. The molecule has 1 heterocycles. The molecular weight excluding hydrogens is 262 g/mol. The lowest BCUT2D eigenvalue weighted by Gasteiger charge is -2.02. The molecule has 0 aliphatic carbocycles. The Labute approximate surface area is 115 Å². The van der Waals surface area contributed by atoms with Gasteiger partial charge in [0.05, 0.1) is 0 Å². The smallest absolute Gasteiger partial charge is 0.343 e. The van der Waals surface area contributed by atoms with E-state index in [1.54, 1.807) is 0 Å². The lowest BCUT2D eigenvalue weighted by Crippen LogP contribution is -2.46. The third kappa shape index (κ3) is 6.23. The molecule has 9 heteroatoms. The van der Waals surface area contributed by atoms with Crippen molar-refractivity contribution in [1.82, 2.24) is 20.1 Å². The molecule has 0 saturated carbocycles. The quantitative estimate of drug-likeness (QED) is 0.391. The van der Waals surface area contributed by atoms with Crippen molar-refractivity contribution in [1.29, 1.82) is 0 Å². The number of nitrogens with zero attached hydrogens (tertiary/aromatic N) is 4. The van der Waals surface area contributed by atoms with Crippen LogP contribution < -0.4 is 22.2 Å². The second-order valence-corrected chi connectivity index (χ2v) is 3.44. The first-order valence-corrected chi connectivity index (χ1v) is 5.47. The molecule has 0 unspecified atom stereocenters. The van der Waals surface area contributed by atoms with Crippen molar-refractivity contribution >= 4 is 6.03 Å². The van der Waals surface area contributed by atoms with Gasteiger partial charge >= 0.3 is 12.0 Å². The molecule has 0 radical (unpaired) electrons. The van der Waals surface area contributed by atoms with Crippen LogP contribution in [0.5, 0.6) is 6.01 Å². The fourth-order valence-corrected chi connectivity index (χ4v) is 1.03. The Kier molecular flexibility index (Phi) is 6.37. The summed E-state index contributed by atoms with van der Waals surface area (Å²) < 4.78 is 5.33. The monoisotopic (exact) mass is 277 g/mol. The van der Waals surface area contributed by atoms with E-state index in [2.05, 4.69) is 32.4 Å². The number of nitrogens with two attached hydrogens (primary N) is 3. The van der Waals surface area contributed by atoms with Crippen molar-refractivity contribution in [3.8, 4) is 6.01 Å². The van der Waals surface area contributed by atoms with Crippen LogP contribution in [0, 0.1) is 0 Å². The van der Waals surface area contributed by atoms with E-state index in [9.17, 15) is 4.79 Å². The minimum Gasteiger partial charge on any atom is -0.459 e. The second kappa shape index (κ2) is 8.34. The summed E-state index contributed by atoms with van der Waals surface area (Å²) in [6.07, 6.45) is 2.82. The van der Waals surface area contributed by atoms with E-state index in [4.69, 9.17) is 4.74 Å². The molecule has 0 saturated heterocycles. The largest absolute Gasteiger partial charge is 0.459 e. The van der Waals surface area contributed by atoms with Crippen LogP contribution in [0.1, 0.15) is 5.56 Å². The van der Waals surface area contributed by atoms with Crippen LogP contribution in [0.3, 0.4) is 0 Å². The number of primary amides is 1. The first kappa shape index (κ1) is 15.3. The van der Waals surface area contributed by atoms with Gasteiger partial charge in [-0.25, -0.2) is 21.5 Å². The third-order valence-electron chi connectivity index (χ3n) is 1.93. The van der Waals surface area contributed by atoms with Gasteiger partial charge in [0.2, 0.25) is 0 Å². The first-order valence-electron chi connectivity index (χ1n) is 5.47. The summed E-state index contributed by atoms with van der Waals surface area (Å²) in [7, 11) is 0. The number of rotatable bonds is 3. The maximum Gasteiger partial charge on any atom is 0.343 e. The molecule has 0 fully saturated rings. The number of benzene rings is 1. The highest BCUT2D eigenvalue weighted by Gasteiger charge is 1.95. The van der Waals surface area contributed by atoms with Crippen molar-refractivity contribution in [3.05, 3.63) is 48.5 Å². The number of hydrazine groups is 2. The molecule has 0 bridgehead atoms. The SMILES string of the molecule is NC(=O)N(N)N.c1ccc(COc2ncncn2)cc1. The van der Waals surface area contributed by atoms with E-state index in [-0.39, 0.29) is 0 Å². The Balaban J connectivity index is 0.000000286. The molecule has 0 spiro atoms. The van der Waals surface area contributed by atoms with Crippen LogP contribution in [-0.2, 0) is 6.61 Å². The van der Waals surface area contributed by atoms with Crippen molar-refractivity contribution < 1.29 is 9.53 Å². The summed E-state index contributed by atoms with van der Waals surface area (Å²) in [4.78, 5) is 21.0. The zero-order chi connectivity index (χ0) is 14.8. The van der Waals surface area contributed by atoms with Crippen LogP contribution in [-0.4, -0.2) is 26.1 Å². The predicted octanol–water partition coefficient (Wildman–Crippen LogP) is -0.435. The summed E-state index contributed by atoms with van der Waals surface area (Å²) in [5.41, 5.74) is 5.56. The van der Waals surface area contributed by atoms with E-state index in [0.29, 0.717) is 17.7 Å². The molecule has 0 aliphatic heterocycles. The number of amides is 2. The molecule has 1 aromatic carbocycles. The average Bonchev–Trinajstić information content (AvgIpc) is 2.48. The fourth-order valence-electron chi connectivity index (χ4n) is 1.03. The summed E-state index contributed by atoms with van der Waals surface area (Å²) in [6.45, 7) is 0.477. The van der Waals surface area contributed by atoms with E-state index >= 15 is 0 Å². The van der Waals surface area contributed by atoms with E-state index in [0.717, 1.165) is 5.56 Å². The van der Waals surface area contributed by atoms with Gasteiger partial charge < -0.3 is 10.5 Å². The van der Waals surface area contributed by atoms with E-state index in [1.807, 2.05) is 30.3 Å². The van der Waals surface area contributed by atoms with E-state index < -0.39 is 6.03 Å². The number of aromatic nitrogens is 3. The summed E-state index contributed by atoms with van der Waals surface area (Å²) >= 11 is 0. The van der Waals surface area contributed by atoms with Gasteiger partial charge in [0.1, 0.15) is 19.3 Å². The number of urea groups is 1. The molecule has 106 valence electrons. The van der Waals surface area contributed by atoms with Crippen LogP contribution >= 0.6 is 0 Å². The van der Waals surface area contributed by atoms with Gasteiger partial charge in [0.15, 0.2) is 0 Å². The van der Waals surface area contributed by atoms with Crippen LogP contribution in [0.4, 0.5) is 4.79 Å². The summed E-state index contributed by atoms with van der Waals surface area (Å²) in [6, 6.07) is 9.37. The highest BCUT2D eigenvalue weighted by atomic mass is 16.5. The van der Waals surface area contributed by atoms with Gasteiger partial charge in [-0.2, -0.15) is 15.1 Å². The maximum absolute atomic E-state index is 9.60. The van der Waals surface area contributed by atoms with Gasteiger partial charge in [-0.15, -0.1) is 0 Å². The average molecular weight is 277 g/mol. The number of hydrogen-bond donors (Lipinski definition) is 3. The van der Waals surface area contributed by atoms with Crippen molar-refractivity contribution in [2.24, 2.45) is 17.4 Å². The number of ether oxygens (including phenoxy) is 1. The zero-order valence-electron chi connectivity index (χ0n) is 10.6. The molecule has 0 atom stereocenters. The Morgan fingerprint density at radius 2 is 1.70 bits per heavy atom. The molecule has 9 nitrogen and oxygen atoms in total. The number of carbonyl (C=O) groups excluding carboxylic acids is 1. The molecule has 1 aromatic heterocycles. The fraction of sp³-hybridized carbons (Fsp3) is 0.0909. The molecule has 2 aromatic rings. The Morgan fingerprint density at radius 3 is 2.20 bits per heavy atom. The van der Waals surface area contributed by atoms with Crippen LogP contribution in [0.15, 0.2) is 43.0 Å². The zero-order valence-corrected chi connectivity index (χ0v) is 10.6. The van der Waals surface area contributed by atoms with Gasteiger partial charge in [0.25, 0.3) is 0 Å². The van der Waals surface area contributed by atoms with Crippen molar-refractivity contribution in [3.63, 3.8) is 0 Å². The maximum atomic E-state index is 9.60. The standard InChI is InChI=1S/C10H9N3O.CH6N4O/c1-2-4-9(5-3-1)6-14-10-12-7-11-8-13-10;2-1(6)5(3)4/h1-5,7-8H,6H2;3-4H2,(H2,2,6). The van der Waals surface area contributed by atoms with Crippen LogP contribution in [0.25, 0.3) is 0 Å². The Bertz CT molecular complexity index is 467. The molecule has 20 heavy (non-hydrogen) atoms. The number of hydrogen-bond acceptors (Lipinski definition) is 7. The first-order chi connectivity index (χ1) is 9.59. The predicted molar refractivity (Wildman–Crippen MR) is 70.4 cm³/mol. The second-order valence-electron chi connectivity index (χ2n) is 3.44.